The zero-order valence-electron chi connectivity index (χ0n) is 11.1. The van der Waals surface area contributed by atoms with Gasteiger partial charge in [-0.3, -0.25) is 0 Å². The van der Waals surface area contributed by atoms with Crippen LogP contribution >= 0.6 is 11.6 Å². The predicted octanol–water partition coefficient (Wildman–Crippen LogP) is 3.24. The first kappa shape index (κ1) is 14.1. The van der Waals surface area contributed by atoms with E-state index in [9.17, 15) is 0 Å². The van der Waals surface area contributed by atoms with Crippen LogP contribution in [0.15, 0.2) is 35.6 Å². The summed E-state index contributed by atoms with van der Waals surface area (Å²) in [5, 5.41) is 11.8. The molecule has 0 spiro atoms. The minimum atomic E-state index is -0.0942. The molecule has 2 rings (SSSR count). The van der Waals surface area contributed by atoms with Crippen LogP contribution in [0.25, 0.3) is 0 Å². The van der Waals surface area contributed by atoms with Crippen LogP contribution in [0.2, 0.25) is 5.02 Å². The molecule has 0 bridgehead atoms. The fraction of sp³-hybridized carbons (Fsp3) is 0.143. The second-order valence-corrected chi connectivity index (χ2v) is 4.71. The van der Waals surface area contributed by atoms with Gasteiger partial charge in [0.25, 0.3) is 0 Å². The number of hydrogen-bond acceptors (Lipinski definition) is 4. The fourth-order valence-corrected chi connectivity index (χ4v) is 1.92. The molecule has 0 radical (unpaired) electrons. The largest absolute Gasteiger partial charge is 0.437 e. The van der Waals surface area contributed by atoms with Crippen molar-refractivity contribution in [1.82, 2.24) is 4.98 Å². The number of pyridine rings is 1. The third kappa shape index (κ3) is 2.83. The molecule has 104 valence electrons. The molecular formula is C14H14ClN3O2. The molecule has 0 aliphatic carbocycles. The summed E-state index contributed by atoms with van der Waals surface area (Å²) >= 11 is 6.17. The van der Waals surface area contributed by atoms with E-state index in [-0.39, 0.29) is 16.7 Å². The molecule has 0 fully saturated rings. The number of hydrogen-bond donors (Lipinski definition) is 2. The Bertz CT molecular complexity index is 671. The van der Waals surface area contributed by atoms with Gasteiger partial charge in [0.05, 0.1) is 0 Å². The highest BCUT2D eigenvalue weighted by Gasteiger charge is 2.13. The highest BCUT2D eigenvalue weighted by molar-refractivity contribution is 6.35. The summed E-state index contributed by atoms with van der Waals surface area (Å²) in [6.07, 6.45) is 1.49. The van der Waals surface area contributed by atoms with Gasteiger partial charge in [-0.2, -0.15) is 0 Å². The predicted molar refractivity (Wildman–Crippen MR) is 77.7 cm³/mol. The van der Waals surface area contributed by atoms with Crippen LogP contribution in [0.1, 0.15) is 16.7 Å². The van der Waals surface area contributed by atoms with Crippen molar-refractivity contribution in [2.75, 3.05) is 0 Å². The normalized spacial score (nSPS) is 11.4. The molecule has 2 aromatic rings. The molecular weight excluding hydrogens is 278 g/mol. The van der Waals surface area contributed by atoms with Crippen LogP contribution in [0.3, 0.4) is 0 Å². The Balaban J connectivity index is 2.42. The van der Waals surface area contributed by atoms with Crippen LogP contribution in [-0.2, 0) is 0 Å². The summed E-state index contributed by atoms with van der Waals surface area (Å²) in [4.78, 5) is 4.08. The molecule has 20 heavy (non-hydrogen) atoms. The first-order valence-corrected chi connectivity index (χ1v) is 6.28. The summed E-state index contributed by atoms with van der Waals surface area (Å²) in [5.74, 6) is 0.781. The van der Waals surface area contributed by atoms with Crippen LogP contribution in [0.5, 0.6) is 11.6 Å². The van der Waals surface area contributed by atoms with Gasteiger partial charge in [-0.15, -0.1) is 0 Å². The zero-order valence-corrected chi connectivity index (χ0v) is 11.8. The maximum atomic E-state index is 8.72. The lowest BCUT2D eigenvalue weighted by Crippen LogP contribution is -2.14. The Morgan fingerprint density at radius 2 is 2.10 bits per heavy atom. The van der Waals surface area contributed by atoms with E-state index in [0.29, 0.717) is 11.3 Å². The molecule has 1 heterocycles. The molecule has 1 aromatic carbocycles. The minimum absolute atomic E-state index is 0.0942. The zero-order chi connectivity index (χ0) is 14.7. The molecule has 0 saturated heterocycles. The molecule has 0 aliphatic heterocycles. The third-order valence-corrected chi connectivity index (χ3v) is 3.16. The Morgan fingerprint density at radius 1 is 1.35 bits per heavy atom. The van der Waals surface area contributed by atoms with Crippen LogP contribution in [-0.4, -0.2) is 16.0 Å². The monoisotopic (exact) mass is 291 g/mol. The second-order valence-electron chi connectivity index (χ2n) is 4.33. The van der Waals surface area contributed by atoms with Crippen molar-refractivity contribution in [1.29, 1.82) is 0 Å². The summed E-state index contributed by atoms with van der Waals surface area (Å²) in [6.45, 7) is 3.89. The number of rotatable bonds is 3. The van der Waals surface area contributed by atoms with E-state index in [1.807, 2.05) is 32.0 Å². The van der Waals surface area contributed by atoms with E-state index < -0.39 is 0 Å². The molecule has 3 N–H and O–H groups in total. The van der Waals surface area contributed by atoms with Gasteiger partial charge in [0.2, 0.25) is 5.88 Å². The lowest BCUT2D eigenvalue weighted by Gasteiger charge is -2.11. The number of amidine groups is 1. The SMILES string of the molecule is Cc1ccc(C)c(Oc2nccc(/C(N)=N/O)c2Cl)c1. The van der Waals surface area contributed by atoms with Crippen molar-refractivity contribution < 1.29 is 9.94 Å². The first-order valence-electron chi connectivity index (χ1n) is 5.90. The van der Waals surface area contributed by atoms with E-state index in [2.05, 4.69) is 10.1 Å². The van der Waals surface area contributed by atoms with E-state index >= 15 is 0 Å². The van der Waals surface area contributed by atoms with Crippen molar-refractivity contribution in [2.24, 2.45) is 10.9 Å². The van der Waals surface area contributed by atoms with Gasteiger partial charge in [0.15, 0.2) is 5.84 Å². The molecule has 1 aromatic heterocycles. The standard InChI is InChI=1S/C14H14ClN3O2/c1-8-3-4-9(2)11(7-8)20-14-12(15)10(5-6-17-14)13(16)18-19/h3-7,19H,1-2H3,(H2,16,18). The molecule has 6 heteroatoms. The van der Waals surface area contributed by atoms with Gasteiger partial charge in [-0.05, 0) is 37.1 Å². The van der Waals surface area contributed by atoms with E-state index in [0.717, 1.165) is 11.1 Å². The number of nitrogens with zero attached hydrogens (tertiary/aromatic N) is 2. The quantitative estimate of drug-likeness (QED) is 0.394. The average Bonchev–Trinajstić information content (AvgIpc) is 2.44. The highest BCUT2D eigenvalue weighted by atomic mass is 35.5. The van der Waals surface area contributed by atoms with Crippen molar-refractivity contribution in [3.8, 4) is 11.6 Å². The Hall–Kier alpha value is -2.27. The van der Waals surface area contributed by atoms with Gasteiger partial charge in [-0.1, -0.05) is 28.9 Å². The summed E-state index contributed by atoms with van der Waals surface area (Å²) in [6, 6.07) is 7.38. The van der Waals surface area contributed by atoms with E-state index in [1.54, 1.807) is 6.07 Å². The van der Waals surface area contributed by atoms with E-state index in [1.165, 1.54) is 6.20 Å². The van der Waals surface area contributed by atoms with Gasteiger partial charge in [0.1, 0.15) is 10.8 Å². The minimum Gasteiger partial charge on any atom is -0.437 e. The Kier molecular flexibility index (Phi) is 4.10. The average molecular weight is 292 g/mol. The number of halogens is 1. The molecule has 0 unspecified atom stereocenters. The first-order chi connectivity index (χ1) is 9.52. The number of oxime groups is 1. The Labute approximate surface area is 121 Å². The lowest BCUT2D eigenvalue weighted by molar-refractivity contribution is 0.318. The molecule has 0 saturated carbocycles. The maximum absolute atomic E-state index is 8.72. The van der Waals surface area contributed by atoms with Gasteiger partial charge < -0.3 is 15.7 Å². The Morgan fingerprint density at radius 3 is 2.80 bits per heavy atom. The fourth-order valence-electron chi connectivity index (χ4n) is 1.67. The number of aryl methyl sites for hydroxylation is 2. The molecule has 0 atom stereocenters. The van der Waals surface area contributed by atoms with Gasteiger partial charge in [-0.25, -0.2) is 4.98 Å². The van der Waals surface area contributed by atoms with E-state index in [4.69, 9.17) is 27.3 Å². The number of nitrogens with two attached hydrogens (primary N) is 1. The number of ether oxygens (including phenoxy) is 1. The van der Waals surface area contributed by atoms with Crippen LogP contribution in [0.4, 0.5) is 0 Å². The molecule has 0 aliphatic rings. The molecule has 5 nitrogen and oxygen atoms in total. The smallest absolute Gasteiger partial charge is 0.238 e. The van der Waals surface area contributed by atoms with Crippen LogP contribution in [0, 0.1) is 13.8 Å². The highest BCUT2D eigenvalue weighted by Crippen LogP contribution is 2.31. The van der Waals surface area contributed by atoms with Crippen LogP contribution < -0.4 is 10.5 Å². The topological polar surface area (TPSA) is 80.7 Å². The molecule has 0 amide bonds. The van der Waals surface area contributed by atoms with Crippen molar-refractivity contribution in [3.63, 3.8) is 0 Å². The second kappa shape index (κ2) is 5.79. The van der Waals surface area contributed by atoms with Crippen molar-refractivity contribution >= 4 is 17.4 Å². The summed E-state index contributed by atoms with van der Waals surface area (Å²) in [7, 11) is 0. The van der Waals surface area contributed by atoms with Crippen molar-refractivity contribution in [2.45, 2.75) is 13.8 Å². The summed E-state index contributed by atoms with van der Waals surface area (Å²) < 4.78 is 5.72. The number of benzene rings is 1. The summed E-state index contributed by atoms with van der Waals surface area (Å²) in [5.41, 5.74) is 7.93. The third-order valence-electron chi connectivity index (χ3n) is 2.79. The maximum Gasteiger partial charge on any atom is 0.238 e. The van der Waals surface area contributed by atoms with Gasteiger partial charge in [0, 0.05) is 11.8 Å². The van der Waals surface area contributed by atoms with Gasteiger partial charge >= 0.3 is 0 Å². The number of aromatic nitrogens is 1. The lowest BCUT2D eigenvalue weighted by atomic mass is 10.1. The van der Waals surface area contributed by atoms with Crippen molar-refractivity contribution in [3.05, 3.63) is 52.2 Å².